The van der Waals surface area contributed by atoms with Crippen LogP contribution in [0.1, 0.15) is 43.7 Å². The average Bonchev–Trinajstić information content (AvgIpc) is 3.05. The van der Waals surface area contributed by atoms with Crippen LogP contribution in [-0.4, -0.2) is 70.3 Å². The maximum Gasteiger partial charge on any atom is 0.312 e. The van der Waals surface area contributed by atoms with Gasteiger partial charge in [-0.2, -0.15) is 0 Å². The minimum absolute atomic E-state index is 0.0601. The van der Waals surface area contributed by atoms with Crippen molar-refractivity contribution in [2.45, 2.75) is 39.2 Å². The van der Waals surface area contributed by atoms with Crippen molar-refractivity contribution in [1.82, 2.24) is 19.9 Å². The number of carbonyl (C=O) groups excluding carboxylic acids is 3. The van der Waals surface area contributed by atoms with E-state index >= 15 is 0 Å². The smallest absolute Gasteiger partial charge is 0.312 e. The molecule has 2 fully saturated rings. The maximum absolute atomic E-state index is 12.8. The van der Waals surface area contributed by atoms with E-state index in [1.807, 2.05) is 19.9 Å². The molecule has 8 nitrogen and oxygen atoms in total. The molecule has 1 aromatic heterocycles. The summed E-state index contributed by atoms with van der Waals surface area (Å²) in [5.74, 6) is -0.544. The molecule has 0 spiro atoms. The first-order chi connectivity index (χ1) is 12.0. The fourth-order valence-corrected chi connectivity index (χ4v) is 3.50. The number of carbonyl (C=O) groups is 3. The van der Waals surface area contributed by atoms with E-state index in [2.05, 4.69) is 5.16 Å². The summed E-state index contributed by atoms with van der Waals surface area (Å²) in [7, 11) is 0. The summed E-state index contributed by atoms with van der Waals surface area (Å²) in [4.78, 5) is 41.6. The van der Waals surface area contributed by atoms with E-state index in [9.17, 15) is 14.4 Å². The zero-order valence-corrected chi connectivity index (χ0v) is 14.7. The summed E-state index contributed by atoms with van der Waals surface area (Å²) in [6.45, 7) is 5.60. The lowest BCUT2D eigenvalue weighted by atomic mass is 9.99. The average molecular weight is 348 g/mol. The molecule has 136 valence electrons. The normalized spacial score (nSPS) is 21.8. The van der Waals surface area contributed by atoms with Gasteiger partial charge in [-0.05, 0) is 33.1 Å². The van der Waals surface area contributed by atoms with Gasteiger partial charge >= 0.3 is 11.8 Å². The molecule has 3 rings (SSSR count). The minimum atomic E-state index is -0.590. The molecule has 1 aromatic rings. The van der Waals surface area contributed by atoms with Crippen molar-refractivity contribution in [3.63, 3.8) is 0 Å². The van der Waals surface area contributed by atoms with Crippen LogP contribution in [0.2, 0.25) is 0 Å². The highest BCUT2D eigenvalue weighted by molar-refractivity contribution is 6.35. The molecule has 0 N–H and O–H groups in total. The van der Waals surface area contributed by atoms with Crippen LogP contribution in [0.4, 0.5) is 0 Å². The van der Waals surface area contributed by atoms with Crippen LogP contribution in [0.5, 0.6) is 0 Å². The quantitative estimate of drug-likeness (QED) is 0.749. The van der Waals surface area contributed by atoms with Gasteiger partial charge in [0, 0.05) is 32.2 Å². The molecular weight excluding hydrogens is 324 g/mol. The number of amides is 3. The number of likely N-dealkylation sites (N-methyl/N-ethyl adjacent to an activating group) is 1. The van der Waals surface area contributed by atoms with E-state index in [1.54, 1.807) is 4.90 Å². The third-order valence-corrected chi connectivity index (χ3v) is 4.92. The summed E-state index contributed by atoms with van der Waals surface area (Å²) in [5.41, 5.74) is 0.753. The highest BCUT2D eigenvalue weighted by Gasteiger charge is 2.36. The van der Waals surface area contributed by atoms with Crippen molar-refractivity contribution in [3.8, 4) is 0 Å². The van der Waals surface area contributed by atoms with Gasteiger partial charge < -0.3 is 19.2 Å². The van der Waals surface area contributed by atoms with E-state index in [0.717, 1.165) is 25.0 Å². The lowest BCUT2D eigenvalue weighted by Crippen LogP contribution is -2.56. The molecule has 2 saturated heterocycles. The van der Waals surface area contributed by atoms with Gasteiger partial charge in [-0.3, -0.25) is 14.4 Å². The molecule has 3 heterocycles. The van der Waals surface area contributed by atoms with Crippen molar-refractivity contribution in [2.75, 3.05) is 32.7 Å². The molecular formula is C17H24N4O4. The van der Waals surface area contributed by atoms with Gasteiger partial charge in [0.1, 0.15) is 18.0 Å². The Kier molecular flexibility index (Phi) is 5.06. The first-order valence-corrected chi connectivity index (χ1v) is 8.82. The first kappa shape index (κ1) is 17.4. The molecule has 2 aliphatic heterocycles. The fourth-order valence-electron chi connectivity index (χ4n) is 3.50. The molecule has 3 amide bonds. The lowest BCUT2D eigenvalue weighted by Gasteiger charge is -2.37. The number of piperazine rings is 1. The zero-order chi connectivity index (χ0) is 18.0. The van der Waals surface area contributed by atoms with Crippen LogP contribution < -0.4 is 0 Å². The van der Waals surface area contributed by atoms with Crippen LogP contribution in [0.3, 0.4) is 0 Å². The Balaban J connectivity index is 1.69. The van der Waals surface area contributed by atoms with Crippen molar-refractivity contribution in [2.24, 2.45) is 0 Å². The van der Waals surface area contributed by atoms with E-state index in [0.29, 0.717) is 31.9 Å². The molecule has 0 unspecified atom stereocenters. The minimum Gasteiger partial charge on any atom is -0.361 e. The Bertz CT molecular complexity index is 671. The number of aryl methyl sites for hydroxylation is 1. The summed E-state index contributed by atoms with van der Waals surface area (Å²) in [6.07, 6.45) is 2.77. The van der Waals surface area contributed by atoms with Gasteiger partial charge in [0.25, 0.3) is 0 Å². The fraction of sp³-hybridized carbons (Fsp3) is 0.647. The molecule has 0 aliphatic carbocycles. The first-order valence-electron chi connectivity index (χ1n) is 8.82. The van der Waals surface area contributed by atoms with Gasteiger partial charge in [0.05, 0.1) is 6.04 Å². The van der Waals surface area contributed by atoms with E-state index in [4.69, 9.17) is 4.52 Å². The summed E-state index contributed by atoms with van der Waals surface area (Å²) in [5, 5.41) is 4.06. The Hall–Kier alpha value is -2.38. The van der Waals surface area contributed by atoms with Gasteiger partial charge in [-0.15, -0.1) is 0 Å². The van der Waals surface area contributed by atoms with Gasteiger partial charge in [-0.1, -0.05) is 5.16 Å². The number of aromatic nitrogens is 1. The van der Waals surface area contributed by atoms with Crippen LogP contribution >= 0.6 is 0 Å². The zero-order valence-electron chi connectivity index (χ0n) is 14.7. The lowest BCUT2D eigenvalue weighted by molar-refractivity contribution is -0.158. The molecule has 0 bridgehead atoms. The second-order valence-electron chi connectivity index (χ2n) is 6.57. The van der Waals surface area contributed by atoms with E-state index < -0.39 is 11.8 Å². The van der Waals surface area contributed by atoms with Crippen molar-refractivity contribution in [1.29, 1.82) is 0 Å². The highest BCUT2D eigenvalue weighted by atomic mass is 16.5. The number of rotatable bonds is 4. The molecule has 8 heteroatoms. The van der Waals surface area contributed by atoms with Crippen LogP contribution in [-0.2, 0) is 14.4 Å². The van der Waals surface area contributed by atoms with Gasteiger partial charge in [-0.25, -0.2) is 0 Å². The number of hydrogen-bond acceptors (Lipinski definition) is 5. The van der Waals surface area contributed by atoms with Gasteiger partial charge in [0.15, 0.2) is 0 Å². The third kappa shape index (κ3) is 3.52. The second-order valence-corrected chi connectivity index (χ2v) is 6.57. The predicted octanol–water partition coefficient (Wildman–Crippen LogP) is 0.727. The topological polar surface area (TPSA) is 87.0 Å². The summed E-state index contributed by atoms with van der Waals surface area (Å²) >= 11 is 0. The van der Waals surface area contributed by atoms with Crippen LogP contribution in [0.15, 0.2) is 10.6 Å². The van der Waals surface area contributed by atoms with Crippen LogP contribution in [0, 0.1) is 6.92 Å². The van der Waals surface area contributed by atoms with Crippen molar-refractivity contribution >= 4 is 17.7 Å². The number of piperidine rings is 1. The maximum atomic E-state index is 12.8. The second kappa shape index (κ2) is 7.25. The van der Waals surface area contributed by atoms with Gasteiger partial charge in [0.2, 0.25) is 5.91 Å². The molecule has 2 aliphatic rings. The van der Waals surface area contributed by atoms with E-state index in [-0.39, 0.29) is 18.5 Å². The standard InChI is InChI=1S/C17H24N4O4/c1-3-19-8-9-20(17(24)16(19)23)11-15(22)21-7-5-4-6-14(21)13-10-12(2)25-18-13/h10,14H,3-9,11H2,1-2H3/t14-/m0/s1. The number of nitrogens with zero attached hydrogens (tertiary/aromatic N) is 4. The summed E-state index contributed by atoms with van der Waals surface area (Å²) in [6, 6.07) is 1.73. The molecule has 0 radical (unpaired) electrons. The molecule has 1 atom stereocenters. The Morgan fingerprint density at radius 2 is 1.92 bits per heavy atom. The Labute approximate surface area is 146 Å². The Morgan fingerprint density at radius 1 is 1.20 bits per heavy atom. The van der Waals surface area contributed by atoms with Crippen molar-refractivity contribution in [3.05, 3.63) is 17.5 Å². The van der Waals surface area contributed by atoms with E-state index in [1.165, 1.54) is 9.80 Å². The largest absolute Gasteiger partial charge is 0.361 e. The SMILES string of the molecule is CCN1CCN(CC(=O)N2CCCC[C@H]2c2cc(C)on2)C(=O)C1=O. The van der Waals surface area contributed by atoms with Crippen LogP contribution in [0.25, 0.3) is 0 Å². The molecule has 0 saturated carbocycles. The Morgan fingerprint density at radius 3 is 2.60 bits per heavy atom. The predicted molar refractivity (Wildman–Crippen MR) is 88.4 cm³/mol. The monoisotopic (exact) mass is 348 g/mol. The van der Waals surface area contributed by atoms with Crippen molar-refractivity contribution < 1.29 is 18.9 Å². The molecule has 25 heavy (non-hydrogen) atoms. The number of likely N-dealkylation sites (tertiary alicyclic amines) is 1. The highest BCUT2D eigenvalue weighted by Crippen LogP contribution is 2.30. The number of hydrogen-bond donors (Lipinski definition) is 0. The third-order valence-electron chi connectivity index (χ3n) is 4.92. The summed E-state index contributed by atoms with van der Waals surface area (Å²) < 4.78 is 5.15. The molecule has 0 aromatic carbocycles.